The standard InChI is InChI=1S/C18H32N4O6/c1-9(2)8-12(21-16(25)14(19)11(4)23)15(24)20-10(3)17(26)22-7-5-6-13(22)18(27)28/h9-14,23H,5-8,19H2,1-4H3,(H,20,24)(H,21,25)(H,27,28). The summed E-state index contributed by atoms with van der Waals surface area (Å²) in [4.78, 5) is 49.8. The lowest BCUT2D eigenvalue weighted by atomic mass is 10.0. The van der Waals surface area contributed by atoms with Crippen molar-refractivity contribution in [3.63, 3.8) is 0 Å². The normalized spacial score (nSPS) is 21.0. The van der Waals surface area contributed by atoms with Crippen molar-refractivity contribution in [2.75, 3.05) is 6.54 Å². The van der Waals surface area contributed by atoms with E-state index in [4.69, 9.17) is 5.73 Å². The van der Waals surface area contributed by atoms with Gasteiger partial charge in [0.05, 0.1) is 6.10 Å². The molecule has 0 saturated carbocycles. The molecule has 5 unspecified atom stereocenters. The van der Waals surface area contributed by atoms with E-state index >= 15 is 0 Å². The van der Waals surface area contributed by atoms with E-state index in [0.717, 1.165) is 0 Å². The zero-order chi connectivity index (χ0) is 21.6. The van der Waals surface area contributed by atoms with Gasteiger partial charge < -0.3 is 31.5 Å². The molecule has 3 amide bonds. The van der Waals surface area contributed by atoms with Crippen LogP contribution in [0.3, 0.4) is 0 Å². The lowest BCUT2D eigenvalue weighted by molar-refractivity contribution is -0.149. The first-order valence-corrected chi connectivity index (χ1v) is 9.53. The Labute approximate surface area is 164 Å². The third kappa shape index (κ3) is 6.45. The third-order valence-electron chi connectivity index (χ3n) is 4.71. The minimum absolute atomic E-state index is 0.0693. The molecule has 1 aliphatic heterocycles. The Kier molecular flexibility index (Phi) is 8.83. The maximum absolute atomic E-state index is 12.6. The van der Waals surface area contributed by atoms with Crippen LogP contribution in [0.1, 0.15) is 47.0 Å². The second-order valence-electron chi connectivity index (χ2n) is 7.72. The molecule has 5 atom stereocenters. The number of likely N-dealkylation sites (tertiary alicyclic amines) is 1. The number of aliphatic hydroxyl groups excluding tert-OH is 1. The van der Waals surface area contributed by atoms with Crippen molar-refractivity contribution in [2.45, 2.75) is 77.2 Å². The molecule has 1 aliphatic rings. The van der Waals surface area contributed by atoms with Gasteiger partial charge in [-0.05, 0) is 39.0 Å². The van der Waals surface area contributed by atoms with Crippen LogP contribution in [-0.2, 0) is 19.2 Å². The maximum Gasteiger partial charge on any atom is 0.326 e. The van der Waals surface area contributed by atoms with Gasteiger partial charge in [-0.25, -0.2) is 4.79 Å². The Hall–Kier alpha value is -2.20. The van der Waals surface area contributed by atoms with E-state index in [1.54, 1.807) is 0 Å². The summed E-state index contributed by atoms with van der Waals surface area (Å²) in [7, 11) is 0. The molecular formula is C18H32N4O6. The average molecular weight is 400 g/mol. The monoisotopic (exact) mass is 400 g/mol. The van der Waals surface area contributed by atoms with Gasteiger partial charge in [0, 0.05) is 6.54 Å². The fourth-order valence-electron chi connectivity index (χ4n) is 3.10. The Morgan fingerprint density at radius 3 is 2.21 bits per heavy atom. The van der Waals surface area contributed by atoms with Gasteiger partial charge in [-0.2, -0.15) is 0 Å². The SMILES string of the molecule is CC(C)CC(NC(=O)C(N)C(C)O)C(=O)NC(C)C(=O)N1CCCC1C(=O)O. The van der Waals surface area contributed by atoms with Crippen molar-refractivity contribution in [3.05, 3.63) is 0 Å². The van der Waals surface area contributed by atoms with Crippen LogP contribution in [0.25, 0.3) is 0 Å². The number of carboxylic acids is 1. The first-order valence-electron chi connectivity index (χ1n) is 9.53. The topological polar surface area (TPSA) is 162 Å². The smallest absolute Gasteiger partial charge is 0.326 e. The first kappa shape index (κ1) is 23.8. The van der Waals surface area contributed by atoms with Gasteiger partial charge in [0.1, 0.15) is 24.2 Å². The largest absolute Gasteiger partial charge is 0.480 e. The number of hydrogen-bond donors (Lipinski definition) is 5. The van der Waals surface area contributed by atoms with Crippen LogP contribution in [0.4, 0.5) is 0 Å². The van der Waals surface area contributed by atoms with Crippen LogP contribution in [0.5, 0.6) is 0 Å². The van der Waals surface area contributed by atoms with Gasteiger partial charge in [-0.3, -0.25) is 14.4 Å². The van der Waals surface area contributed by atoms with E-state index in [1.165, 1.54) is 18.7 Å². The number of aliphatic hydroxyl groups is 1. The second kappa shape index (κ2) is 10.4. The Morgan fingerprint density at radius 2 is 1.71 bits per heavy atom. The van der Waals surface area contributed by atoms with Crippen LogP contribution >= 0.6 is 0 Å². The van der Waals surface area contributed by atoms with E-state index < -0.39 is 54.0 Å². The van der Waals surface area contributed by atoms with Gasteiger partial charge in [0.2, 0.25) is 17.7 Å². The highest BCUT2D eigenvalue weighted by Gasteiger charge is 2.37. The lowest BCUT2D eigenvalue weighted by Gasteiger charge is -2.27. The van der Waals surface area contributed by atoms with Gasteiger partial charge in [-0.1, -0.05) is 13.8 Å². The van der Waals surface area contributed by atoms with E-state index in [0.29, 0.717) is 25.8 Å². The predicted octanol–water partition coefficient (Wildman–Crippen LogP) is -1.19. The number of rotatable bonds is 9. The van der Waals surface area contributed by atoms with Crippen molar-refractivity contribution in [2.24, 2.45) is 11.7 Å². The minimum Gasteiger partial charge on any atom is -0.480 e. The number of carbonyl (C=O) groups is 4. The number of amides is 3. The summed E-state index contributed by atoms with van der Waals surface area (Å²) >= 11 is 0. The summed E-state index contributed by atoms with van der Waals surface area (Å²) in [5.74, 6) is -2.71. The second-order valence-corrected chi connectivity index (χ2v) is 7.72. The number of hydrogen-bond acceptors (Lipinski definition) is 6. The summed E-state index contributed by atoms with van der Waals surface area (Å²) in [6, 6.07) is -3.93. The molecule has 1 fully saturated rings. The Morgan fingerprint density at radius 1 is 1.11 bits per heavy atom. The van der Waals surface area contributed by atoms with Crippen molar-refractivity contribution < 1.29 is 29.4 Å². The zero-order valence-corrected chi connectivity index (χ0v) is 16.8. The van der Waals surface area contributed by atoms with Gasteiger partial charge in [-0.15, -0.1) is 0 Å². The molecule has 0 aliphatic carbocycles. The third-order valence-corrected chi connectivity index (χ3v) is 4.71. The summed E-state index contributed by atoms with van der Waals surface area (Å²) < 4.78 is 0. The van der Waals surface area contributed by atoms with Crippen LogP contribution in [0.2, 0.25) is 0 Å². The molecule has 28 heavy (non-hydrogen) atoms. The molecule has 0 radical (unpaired) electrons. The van der Waals surface area contributed by atoms with E-state index in [-0.39, 0.29) is 5.92 Å². The number of aliphatic carboxylic acids is 1. The molecule has 10 nitrogen and oxygen atoms in total. The van der Waals surface area contributed by atoms with Crippen molar-refractivity contribution >= 4 is 23.7 Å². The molecule has 1 rings (SSSR count). The quantitative estimate of drug-likeness (QED) is 0.325. The van der Waals surface area contributed by atoms with Gasteiger partial charge in [0.25, 0.3) is 0 Å². The summed E-state index contributed by atoms with van der Waals surface area (Å²) in [5.41, 5.74) is 5.60. The number of nitrogens with zero attached hydrogens (tertiary/aromatic N) is 1. The Balaban J connectivity index is 2.79. The number of nitrogens with one attached hydrogen (secondary N) is 2. The molecule has 0 aromatic carbocycles. The zero-order valence-electron chi connectivity index (χ0n) is 16.8. The first-order chi connectivity index (χ1) is 13.0. The van der Waals surface area contributed by atoms with Gasteiger partial charge in [0.15, 0.2) is 0 Å². The highest BCUT2D eigenvalue weighted by molar-refractivity contribution is 5.94. The minimum atomic E-state index is -1.18. The number of nitrogens with two attached hydrogens (primary N) is 1. The molecule has 0 bridgehead atoms. The molecule has 1 heterocycles. The average Bonchev–Trinajstić information content (AvgIpc) is 3.08. The number of carboxylic acid groups (broad SMARTS) is 1. The summed E-state index contributed by atoms with van der Waals surface area (Å²) in [6.07, 6.45) is 0.204. The molecule has 6 N–H and O–H groups in total. The fraction of sp³-hybridized carbons (Fsp3) is 0.778. The highest BCUT2D eigenvalue weighted by atomic mass is 16.4. The molecule has 10 heteroatoms. The van der Waals surface area contributed by atoms with Crippen LogP contribution in [0, 0.1) is 5.92 Å². The van der Waals surface area contributed by atoms with Crippen LogP contribution < -0.4 is 16.4 Å². The van der Waals surface area contributed by atoms with Crippen molar-refractivity contribution in [3.8, 4) is 0 Å². The highest BCUT2D eigenvalue weighted by Crippen LogP contribution is 2.18. The Bertz CT molecular complexity index is 595. The molecule has 0 aromatic rings. The van der Waals surface area contributed by atoms with Gasteiger partial charge >= 0.3 is 5.97 Å². The number of carbonyl (C=O) groups excluding carboxylic acids is 3. The molecule has 0 spiro atoms. The van der Waals surface area contributed by atoms with E-state index in [9.17, 15) is 29.4 Å². The van der Waals surface area contributed by atoms with Crippen molar-refractivity contribution in [1.29, 1.82) is 0 Å². The van der Waals surface area contributed by atoms with Crippen molar-refractivity contribution in [1.82, 2.24) is 15.5 Å². The van der Waals surface area contributed by atoms with E-state index in [1.807, 2.05) is 13.8 Å². The van der Waals surface area contributed by atoms with E-state index in [2.05, 4.69) is 10.6 Å². The maximum atomic E-state index is 12.6. The van der Waals surface area contributed by atoms with Crippen LogP contribution in [0.15, 0.2) is 0 Å². The summed E-state index contributed by atoms with van der Waals surface area (Å²) in [5, 5.41) is 23.7. The molecule has 0 aromatic heterocycles. The van der Waals surface area contributed by atoms with Crippen LogP contribution in [-0.4, -0.2) is 75.6 Å². The molecular weight excluding hydrogens is 368 g/mol. The summed E-state index contributed by atoms with van der Waals surface area (Å²) in [6.45, 7) is 6.92. The molecule has 1 saturated heterocycles. The molecule has 160 valence electrons. The lowest BCUT2D eigenvalue weighted by Crippen LogP contribution is -2.57. The fourth-order valence-corrected chi connectivity index (χ4v) is 3.10. The predicted molar refractivity (Wildman–Crippen MR) is 101 cm³/mol.